The van der Waals surface area contributed by atoms with Crippen LogP contribution in [0.25, 0.3) is 0 Å². The molecule has 92 valence electrons. The molecule has 3 heteroatoms. The molecule has 0 spiro atoms. The molecule has 0 aromatic heterocycles. The minimum Gasteiger partial charge on any atom is -0.352 e. The standard InChI is InChI=1S/C14H20N2O/c1-2-16-9-8-13(11-16)15-14(17)10-12-6-4-3-5-7-12/h3-7,13H,2,8-11H2,1H3,(H,15,17). The van der Waals surface area contributed by atoms with E-state index in [2.05, 4.69) is 17.1 Å². The normalized spacial score (nSPS) is 20.4. The number of benzene rings is 1. The summed E-state index contributed by atoms with van der Waals surface area (Å²) in [7, 11) is 0. The molecule has 17 heavy (non-hydrogen) atoms. The smallest absolute Gasteiger partial charge is 0.224 e. The minimum atomic E-state index is 0.138. The number of carbonyl (C=O) groups is 1. The van der Waals surface area contributed by atoms with Crippen molar-refractivity contribution in [1.29, 1.82) is 0 Å². The van der Waals surface area contributed by atoms with E-state index in [4.69, 9.17) is 0 Å². The van der Waals surface area contributed by atoms with Crippen LogP contribution in [0.5, 0.6) is 0 Å². The lowest BCUT2D eigenvalue weighted by Crippen LogP contribution is -2.37. The van der Waals surface area contributed by atoms with Gasteiger partial charge in [0.2, 0.25) is 5.91 Å². The third-order valence-corrected chi connectivity index (χ3v) is 3.29. The number of carbonyl (C=O) groups excluding carboxylic acids is 1. The third-order valence-electron chi connectivity index (χ3n) is 3.29. The van der Waals surface area contributed by atoms with E-state index >= 15 is 0 Å². The van der Waals surface area contributed by atoms with Crippen LogP contribution in [0.1, 0.15) is 18.9 Å². The molecule has 2 rings (SSSR count). The van der Waals surface area contributed by atoms with Crippen LogP contribution in [0.3, 0.4) is 0 Å². The molecule has 1 aromatic carbocycles. The van der Waals surface area contributed by atoms with Crippen molar-refractivity contribution in [3.63, 3.8) is 0 Å². The van der Waals surface area contributed by atoms with Crippen molar-refractivity contribution in [2.75, 3.05) is 19.6 Å². The molecule has 1 amide bonds. The molecule has 1 aliphatic heterocycles. The molecule has 0 saturated carbocycles. The summed E-state index contributed by atoms with van der Waals surface area (Å²) in [5.74, 6) is 0.138. The lowest BCUT2D eigenvalue weighted by atomic mass is 10.1. The Labute approximate surface area is 103 Å². The highest BCUT2D eigenvalue weighted by molar-refractivity contribution is 5.78. The molecule has 1 fully saturated rings. The Morgan fingerprint density at radius 2 is 2.18 bits per heavy atom. The van der Waals surface area contributed by atoms with Crippen molar-refractivity contribution in [3.8, 4) is 0 Å². The van der Waals surface area contributed by atoms with E-state index in [1.807, 2.05) is 30.3 Å². The highest BCUT2D eigenvalue weighted by Gasteiger charge is 2.22. The number of nitrogens with one attached hydrogen (secondary N) is 1. The van der Waals surface area contributed by atoms with Crippen molar-refractivity contribution < 1.29 is 4.79 Å². The summed E-state index contributed by atoms with van der Waals surface area (Å²) in [5, 5.41) is 3.11. The van der Waals surface area contributed by atoms with Crippen LogP contribution < -0.4 is 5.32 Å². The molecule has 1 heterocycles. The van der Waals surface area contributed by atoms with Gasteiger partial charge in [-0.2, -0.15) is 0 Å². The van der Waals surface area contributed by atoms with E-state index < -0.39 is 0 Å². The van der Waals surface area contributed by atoms with Crippen molar-refractivity contribution in [1.82, 2.24) is 10.2 Å². The summed E-state index contributed by atoms with van der Waals surface area (Å²) < 4.78 is 0. The van der Waals surface area contributed by atoms with Gasteiger partial charge in [-0.05, 0) is 18.5 Å². The van der Waals surface area contributed by atoms with Gasteiger partial charge in [-0.25, -0.2) is 0 Å². The van der Waals surface area contributed by atoms with Crippen molar-refractivity contribution in [3.05, 3.63) is 35.9 Å². The highest BCUT2D eigenvalue weighted by atomic mass is 16.1. The Bertz CT molecular complexity index is 364. The number of likely N-dealkylation sites (tertiary alicyclic amines) is 1. The molecular formula is C14H20N2O. The molecular weight excluding hydrogens is 212 g/mol. The molecule has 1 aliphatic rings. The molecule has 1 unspecified atom stereocenters. The van der Waals surface area contributed by atoms with E-state index in [1.165, 1.54) is 0 Å². The summed E-state index contributed by atoms with van der Waals surface area (Å²) in [4.78, 5) is 14.2. The molecule has 3 nitrogen and oxygen atoms in total. The molecule has 1 N–H and O–H groups in total. The third kappa shape index (κ3) is 3.56. The quantitative estimate of drug-likeness (QED) is 0.852. The first-order valence-corrected chi connectivity index (χ1v) is 6.33. The van der Waals surface area contributed by atoms with Crippen molar-refractivity contribution in [2.24, 2.45) is 0 Å². The number of rotatable bonds is 4. The fourth-order valence-electron chi connectivity index (χ4n) is 2.30. The monoisotopic (exact) mass is 232 g/mol. The fraction of sp³-hybridized carbons (Fsp3) is 0.500. The SMILES string of the molecule is CCN1CCC(NC(=O)Cc2ccccc2)C1. The first kappa shape index (κ1) is 12.1. The Balaban J connectivity index is 1.78. The Hall–Kier alpha value is -1.35. The van der Waals surface area contributed by atoms with Gasteiger partial charge in [-0.15, -0.1) is 0 Å². The van der Waals surface area contributed by atoms with Gasteiger partial charge in [0.1, 0.15) is 0 Å². The van der Waals surface area contributed by atoms with Gasteiger partial charge < -0.3 is 10.2 Å². The lowest BCUT2D eigenvalue weighted by Gasteiger charge is -2.14. The van der Waals surface area contributed by atoms with E-state index in [1.54, 1.807) is 0 Å². The maximum atomic E-state index is 11.8. The first-order valence-electron chi connectivity index (χ1n) is 6.33. The van der Waals surface area contributed by atoms with Crippen molar-refractivity contribution in [2.45, 2.75) is 25.8 Å². The molecule has 0 aliphatic carbocycles. The highest BCUT2D eigenvalue weighted by Crippen LogP contribution is 2.08. The topological polar surface area (TPSA) is 32.3 Å². The van der Waals surface area contributed by atoms with Gasteiger partial charge in [0.05, 0.1) is 6.42 Å². The summed E-state index contributed by atoms with van der Waals surface area (Å²) in [6.07, 6.45) is 1.57. The maximum Gasteiger partial charge on any atom is 0.224 e. The predicted octanol–water partition coefficient (Wildman–Crippen LogP) is 1.44. The number of likely N-dealkylation sites (N-methyl/N-ethyl adjacent to an activating group) is 1. The van der Waals surface area contributed by atoms with Crippen LogP contribution in [0, 0.1) is 0 Å². The molecule has 1 aromatic rings. The van der Waals surface area contributed by atoms with Gasteiger partial charge in [-0.1, -0.05) is 37.3 Å². The average molecular weight is 232 g/mol. The van der Waals surface area contributed by atoms with Gasteiger partial charge in [0.25, 0.3) is 0 Å². The van der Waals surface area contributed by atoms with Crippen LogP contribution in [-0.2, 0) is 11.2 Å². The first-order chi connectivity index (χ1) is 8.28. The predicted molar refractivity (Wildman–Crippen MR) is 68.8 cm³/mol. The molecule has 1 saturated heterocycles. The molecule has 0 radical (unpaired) electrons. The second kappa shape index (κ2) is 5.82. The minimum absolute atomic E-state index is 0.138. The fourth-order valence-corrected chi connectivity index (χ4v) is 2.30. The van der Waals surface area contributed by atoms with Crippen LogP contribution in [0.4, 0.5) is 0 Å². The van der Waals surface area contributed by atoms with Gasteiger partial charge in [0, 0.05) is 19.1 Å². The lowest BCUT2D eigenvalue weighted by molar-refractivity contribution is -0.121. The maximum absolute atomic E-state index is 11.8. The number of hydrogen-bond acceptors (Lipinski definition) is 2. The van der Waals surface area contributed by atoms with Crippen LogP contribution in [0.15, 0.2) is 30.3 Å². The summed E-state index contributed by atoms with van der Waals surface area (Å²) in [6.45, 7) is 5.34. The Morgan fingerprint density at radius 1 is 1.41 bits per heavy atom. The molecule has 1 atom stereocenters. The van der Waals surface area contributed by atoms with E-state index in [0.717, 1.165) is 31.6 Å². The largest absolute Gasteiger partial charge is 0.352 e. The van der Waals surface area contributed by atoms with Crippen molar-refractivity contribution >= 4 is 5.91 Å². The average Bonchev–Trinajstić information content (AvgIpc) is 2.78. The van der Waals surface area contributed by atoms with E-state index in [9.17, 15) is 4.79 Å². The summed E-state index contributed by atoms with van der Waals surface area (Å²) in [5.41, 5.74) is 1.08. The Kier molecular flexibility index (Phi) is 4.15. The van der Waals surface area contributed by atoms with Gasteiger partial charge in [-0.3, -0.25) is 4.79 Å². The van der Waals surface area contributed by atoms with Crippen LogP contribution >= 0.6 is 0 Å². The number of hydrogen-bond donors (Lipinski definition) is 1. The van der Waals surface area contributed by atoms with Crippen LogP contribution in [-0.4, -0.2) is 36.5 Å². The van der Waals surface area contributed by atoms with E-state index in [0.29, 0.717) is 12.5 Å². The second-order valence-electron chi connectivity index (χ2n) is 4.61. The summed E-state index contributed by atoms with van der Waals surface area (Å²) >= 11 is 0. The second-order valence-corrected chi connectivity index (χ2v) is 4.61. The zero-order chi connectivity index (χ0) is 12.1. The zero-order valence-electron chi connectivity index (χ0n) is 10.4. The number of amides is 1. The Morgan fingerprint density at radius 3 is 2.82 bits per heavy atom. The van der Waals surface area contributed by atoms with Crippen LogP contribution in [0.2, 0.25) is 0 Å². The van der Waals surface area contributed by atoms with E-state index in [-0.39, 0.29) is 5.91 Å². The number of nitrogens with zero attached hydrogens (tertiary/aromatic N) is 1. The van der Waals surface area contributed by atoms with Gasteiger partial charge in [0.15, 0.2) is 0 Å². The zero-order valence-corrected chi connectivity index (χ0v) is 10.4. The molecule has 0 bridgehead atoms. The van der Waals surface area contributed by atoms with Gasteiger partial charge >= 0.3 is 0 Å². The summed E-state index contributed by atoms with van der Waals surface area (Å²) in [6, 6.07) is 10.2.